The van der Waals surface area contributed by atoms with Crippen LogP contribution in [0.4, 0.5) is 11.8 Å². The summed E-state index contributed by atoms with van der Waals surface area (Å²) in [6, 6.07) is 1.98. The third-order valence-electron chi connectivity index (χ3n) is 3.45. The minimum Gasteiger partial charge on any atom is -0.394 e. The van der Waals surface area contributed by atoms with Gasteiger partial charge in [-0.05, 0) is 30.7 Å². The van der Waals surface area contributed by atoms with Gasteiger partial charge in [-0.3, -0.25) is 5.43 Å². The number of aromatic nitrogens is 2. The molecule has 2 aromatic heterocycles. The molecule has 3 rings (SSSR count). The van der Waals surface area contributed by atoms with Crippen molar-refractivity contribution in [1.29, 1.82) is 0 Å². The fourth-order valence-electron chi connectivity index (χ4n) is 2.19. The average Bonchev–Trinajstić information content (AvgIpc) is 2.81. The van der Waals surface area contributed by atoms with Crippen LogP contribution in [0.5, 0.6) is 0 Å². The van der Waals surface area contributed by atoms with E-state index in [2.05, 4.69) is 20.7 Å². The minimum absolute atomic E-state index is 0.119. The molecule has 1 aliphatic carbocycles. The van der Waals surface area contributed by atoms with Gasteiger partial charge in [0.25, 0.3) is 0 Å². The van der Waals surface area contributed by atoms with Gasteiger partial charge in [0.05, 0.1) is 17.5 Å². The Hall–Kier alpha value is -1.44. The average molecular weight is 265 g/mol. The lowest BCUT2D eigenvalue weighted by molar-refractivity contribution is 0.144. The van der Waals surface area contributed by atoms with Gasteiger partial charge in [0, 0.05) is 0 Å². The molecule has 0 bridgehead atoms. The summed E-state index contributed by atoms with van der Waals surface area (Å²) in [5.74, 6) is 6.50. The maximum Gasteiger partial charge on any atom is 0.240 e. The number of aliphatic hydroxyl groups excluding tert-OH is 1. The molecule has 7 heteroatoms. The van der Waals surface area contributed by atoms with Crippen LogP contribution in [-0.2, 0) is 0 Å². The Kier molecular flexibility index (Phi) is 2.81. The second-order valence-electron chi connectivity index (χ2n) is 4.60. The zero-order valence-corrected chi connectivity index (χ0v) is 10.6. The highest BCUT2D eigenvalue weighted by molar-refractivity contribution is 7.16. The van der Waals surface area contributed by atoms with Gasteiger partial charge in [-0.15, -0.1) is 11.3 Å². The van der Waals surface area contributed by atoms with Gasteiger partial charge in [-0.1, -0.05) is 0 Å². The number of hydrazine groups is 1. The molecule has 0 unspecified atom stereocenters. The number of nitrogens with zero attached hydrogens (tertiary/aromatic N) is 2. The molecule has 0 radical (unpaired) electrons. The molecule has 0 saturated heterocycles. The molecular formula is C11H15N5OS. The molecule has 0 aromatic carbocycles. The molecule has 0 amide bonds. The van der Waals surface area contributed by atoms with Gasteiger partial charge < -0.3 is 10.4 Å². The molecule has 0 spiro atoms. The summed E-state index contributed by atoms with van der Waals surface area (Å²) in [5, 5.41) is 15.8. The molecule has 5 N–H and O–H groups in total. The Morgan fingerprint density at radius 2 is 2.28 bits per heavy atom. The second-order valence-corrected chi connectivity index (χ2v) is 5.49. The maximum absolute atomic E-state index is 9.50. The highest BCUT2D eigenvalue weighted by Gasteiger charge is 2.37. The van der Waals surface area contributed by atoms with Crippen LogP contribution in [0.2, 0.25) is 0 Å². The molecule has 1 aliphatic rings. The van der Waals surface area contributed by atoms with E-state index in [4.69, 9.17) is 5.84 Å². The third-order valence-corrected chi connectivity index (χ3v) is 4.26. The molecule has 1 fully saturated rings. The van der Waals surface area contributed by atoms with Crippen LogP contribution < -0.4 is 16.6 Å². The van der Waals surface area contributed by atoms with Crippen molar-refractivity contribution in [2.45, 2.75) is 24.8 Å². The van der Waals surface area contributed by atoms with Gasteiger partial charge >= 0.3 is 0 Å². The Balaban J connectivity index is 2.01. The Labute approximate surface area is 108 Å². The highest BCUT2D eigenvalue weighted by Crippen LogP contribution is 2.37. The molecule has 0 atom stereocenters. The van der Waals surface area contributed by atoms with Crippen LogP contribution in [0.1, 0.15) is 19.3 Å². The predicted molar refractivity (Wildman–Crippen MR) is 72.5 cm³/mol. The van der Waals surface area contributed by atoms with Gasteiger partial charge in [0.15, 0.2) is 0 Å². The number of nitrogen functional groups attached to an aromatic ring is 1. The first-order chi connectivity index (χ1) is 8.76. The number of hydrogen-bond donors (Lipinski definition) is 4. The number of aliphatic hydroxyl groups is 1. The number of rotatable bonds is 4. The van der Waals surface area contributed by atoms with Crippen molar-refractivity contribution >= 4 is 33.3 Å². The molecule has 1 saturated carbocycles. The Morgan fingerprint density at radius 3 is 2.89 bits per heavy atom. The largest absolute Gasteiger partial charge is 0.394 e. The number of anilines is 2. The van der Waals surface area contributed by atoms with Crippen molar-refractivity contribution in [3.8, 4) is 0 Å². The van der Waals surface area contributed by atoms with Gasteiger partial charge in [-0.2, -0.15) is 4.98 Å². The first kappa shape index (κ1) is 11.6. The quantitative estimate of drug-likeness (QED) is 0.491. The molecule has 2 heterocycles. The van der Waals surface area contributed by atoms with Gasteiger partial charge in [0.2, 0.25) is 5.95 Å². The zero-order chi connectivity index (χ0) is 12.6. The van der Waals surface area contributed by atoms with Crippen molar-refractivity contribution < 1.29 is 5.11 Å². The lowest BCUT2D eigenvalue weighted by Gasteiger charge is -2.41. The minimum atomic E-state index is -0.227. The highest BCUT2D eigenvalue weighted by atomic mass is 32.1. The van der Waals surface area contributed by atoms with E-state index in [9.17, 15) is 5.11 Å². The van der Waals surface area contributed by atoms with Crippen molar-refractivity contribution in [3.63, 3.8) is 0 Å². The summed E-state index contributed by atoms with van der Waals surface area (Å²) in [4.78, 5) is 9.51. The lowest BCUT2D eigenvalue weighted by atomic mass is 9.77. The molecule has 18 heavy (non-hydrogen) atoms. The number of hydrogen-bond acceptors (Lipinski definition) is 7. The lowest BCUT2D eigenvalue weighted by Crippen LogP contribution is -2.48. The number of nitrogens with one attached hydrogen (secondary N) is 2. The van der Waals surface area contributed by atoms with Crippen LogP contribution >= 0.6 is 11.3 Å². The SMILES string of the molecule is NNc1nc(NC2(CO)CCC2)c2ccsc2n1. The van der Waals surface area contributed by atoms with Crippen LogP contribution in [0, 0.1) is 0 Å². The Bertz CT molecular complexity index is 560. The van der Waals surface area contributed by atoms with Gasteiger partial charge in [-0.25, -0.2) is 10.8 Å². The Morgan fingerprint density at radius 1 is 1.44 bits per heavy atom. The van der Waals surface area contributed by atoms with E-state index in [1.807, 2.05) is 11.4 Å². The van der Waals surface area contributed by atoms with Gasteiger partial charge in [0.1, 0.15) is 10.6 Å². The van der Waals surface area contributed by atoms with Crippen molar-refractivity contribution in [1.82, 2.24) is 9.97 Å². The summed E-state index contributed by atoms with van der Waals surface area (Å²) < 4.78 is 0. The van der Waals surface area contributed by atoms with Crippen LogP contribution in [0.15, 0.2) is 11.4 Å². The summed E-state index contributed by atoms with van der Waals surface area (Å²) in [6.07, 6.45) is 3.06. The van der Waals surface area contributed by atoms with E-state index in [0.29, 0.717) is 5.95 Å². The molecule has 6 nitrogen and oxygen atoms in total. The van der Waals surface area contributed by atoms with E-state index >= 15 is 0 Å². The summed E-state index contributed by atoms with van der Waals surface area (Å²) in [5.41, 5.74) is 2.24. The fourth-order valence-corrected chi connectivity index (χ4v) is 2.96. The topological polar surface area (TPSA) is 96.1 Å². The molecule has 96 valence electrons. The molecular weight excluding hydrogens is 250 g/mol. The third kappa shape index (κ3) is 1.80. The van der Waals surface area contributed by atoms with Crippen molar-refractivity contribution in [2.24, 2.45) is 5.84 Å². The smallest absolute Gasteiger partial charge is 0.240 e. The first-order valence-corrected chi connectivity index (χ1v) is 6.75. The van der Waals surface area contributed by atoms with Crippen LogP contribution in [0.25, 0.3) is 10.2 Å². The van der Waals surface area contributed by atoms with Crippen LogP contribution in [0.3, 0.4) is 0 Å². The van der Waals surface area contributed by atoms with E-state index in [-0.39, 0.29) is 12.1 Å². The van der Waals surface area contributed by atoms with E-state index in [0.717, 1.165) is 35.3 Å². The van der Waals surface area contributed by atoms with E-state index in [1.54, 1.807) is 11.3 Å². The van der Waals surface area contributed by atoms with E-state index in [1.165, 1.54) is 0 Å². The summed E-state index contributed by atoms with van der Waals surface area (Å²) in [6.45, 7) is 0.119. The van der Waals surface area contributed by atoms with Crippen molar-refractivity contribution in [3.05, 3.63) is 11.4 Å². The summed E-state index contributed by atoms with van der Waals surface area (Å²) in [7, 11) is 0. The maximum atomic E-state index is 9.50. The van der Waals surface area contributed by atoms with Crippen molar-refractivity contribution in [2.75, 3.05) is 17.3 Å². The number of thiophene rings is 1. The molecule has 0 aliphatic heterocycles. The zero-order valence-electron chi connectivity index (χ0n) is 9.81. The standard InChI is InChI=1S/C11H15N5OS/c12-16-10-13-8(7-2-5-18-9(7)14-10)15-11(6-17)3-1-4-11/h2,5,17H,1,3-4,6,12H2,(H2,13,14,15,16). The predicted octanol–water partition coefficient (Wildman–Crippen LogP) is 1.30. The van der Waals surface area contributed by atoms with E-state index < -0.39 is 0 Å². The normalized spacial score (nSPS) is 17.4. The monoisotopic (exact) mass is 265 g/mol. The summed E-state index contributed by atoms with van der Waals surface area (Å²) >= 11 is 1.54. The number of fused-ring (bicyclic) bond motifs is 1. The molecule has 2 aromatic rings. The first-order valence-electron chi connectivity index (χ1n) is 5.87. The fraction of sp³-hybridized carbons (Fsp3) is 0.455. The second kappa shape index (κ2) is 4.34. The van der Waals surface area contributed by atoms with Crippen LogP contribution in [-0.4, -0.2) is 27.2 Å². The number of nitrogens with two attached hydrogens (primary N) is 1.